The molecule has 1 N–H and O–H groups in total. The molecule has 2 aromatic heterocycles. The van der Waals surface area contributed by atoms with Crippen molar-refractivity contribution < 1.29 is 24.1 Å². The fourth-order valence-corrected chi connectivity index (χ4v) is 5.93. The zero-order valence-corrected chi connectivity index (χ0v) is 23.6. The van der Waals surface area contributed by atoms with E-state index in [1.54, 1.807) is 13.0 Å². The lowest BCUT2D eigenvalue weighted by atomic mass is 9.96. The number of allylic oxidation sites excluding steroid dienone is 3. The van der Waals surface area contributed by atoms with Crippen molar-refractivity contribution in [2.75, 3.05) is 19.8 Å². The number of carboxylic acids is 1. The van der Waals surface area contributed by atoms with Crippen LogP contribution in [0.25, 0.3) is 11.4 Å². The molecule has 0 amide bonds. The summed E-state index contributed by atoms with van der Waals surface area (Å²) >= 11 is 0. The number of ether oxygens (including phenoxy) is 3. The van der Waals surface area contributed by atoms with Gasteiger partial charge in [-0.05, 0) is 73.9 Å². The standard InChI is InChI=1S/C32H36N4O5/c1-3-40-31-27(32(37)38)17-33-36(31)29-9-5-8-28(34-29)26-7-4-6-21(2)30(26)41-20-22-10-11-23-18-35(19-24(23)16-22)25-12-14-39-15-13-25/h5,7-11,16-17,25H,3-4,6,12-15,18-20H2,1-2H3,(H,37,38). The number of carbonyl (C=O) groups is 1. The van der Waals surface area contributed by atoms with Crippen molar-refractivity contribution in [2.24, 2.45) is 0 Å². The van der Waals surface area contributed by atoms with E-state index in [4.69, 9.17) is 19.2 Å². The van der Waals surface area contributed by atoms with Gasteiger partial charge in [0, 0.05) is 37.9 Å². The zero-order valence-electron chi connectivity index (χ0n) is 23.6. The van der Waals surface area contributed by atoms with Crippen LogP contribution in [-0.4, -0.2) is 56.6 Å². The minimum atomic E-state index is -1.09. The topological polar surface area (TPSA) is 98.9 Å². The maximum atomic E-state index is 11.7. The molecule has 0 saturated carbocycles. The van der Waals surface area contributed by atoms with E-state index in [9.17, 15) is 9.90 Å². The molecule has 6 rings (SSSR count). The van der Waals surface area contributed by atoms with Gasteiger partial charge in [-0.25, -0.2) is 9.78 Å². The third-order valence-corrected chi connectivity index (χ3v) is 8.07. The van der Waals surface area contributed by atoms with Gasteiger partial charge in [0.15, 0.2) is 5.82 Å². The summed E-state index contributed by atoms with van der Waals surface area (Å²) in [5.41, 5.74) is 6.82. The van der Waals surface area contributed by atoms with Gasteiger partial charge in [-0.1, -0.05) is 30.3 Å². The van der Waals surface area contributed by atoms with Gasteiger partial charge in [0.1, 0.15) is 17.9 Å². The van der Waals surface area contributed by atoms with E-state index in [0.29, 0.717) is 25.1 Å². The molecule has 1 aliphatic carbocycles. The summed E-state index contributed by atoms with van der Waals surface area (Å²) < 4.78 is 19.1. The first kappa shape index (κ1) is 27.2. The number of rotatable bonds is 9. The van der Waals surface area contributed by atoms with E-state index < -0.39 is 5.97 Å². The fourth-order valence-electron chi connectivity index (χ4n) is 5.93. The van der Waals surface area contributed by atoms with E-state index in [-0.39, 0.29) is 11.4 Å². The van der Waals surface area contributed by atoms with Crippen LogP contribution < -0.4 is 4.74 Å². The smallest absolute Gasteiger partial charge is 0.342 e. The van der Waals surface area contributed by atoms with E-state index >= 15 is 0 Å². The Morgan fingerprint density at radius 1 is 1.12 bits per heavy atom. The van der Waals surface area contributed by atoms with Crippen LogP contribution in [0.5, 0.6) is 5.88 Å². The first-order valence-corrected chi connectivity index (χ1v) is 14.4. The van der Waals surface area contributed by atoms with Crippen LogP contribution >= 0.6 is 0 Å². The van der Waals surface area contributed by atoms with Crippen LogP contribution in [0.3, 0.4) is 0 Å². The lowest BCUT2D eigenvalue weighted by Crippen LogP contribution is -2.35. The van der Waals surface area contributed by atoms with Crippen LogP contribution in [0.4, 0.5) is 0 Å². The number of aromatic carboxylic acids is 1. The van der Waals surface area contributed by atoms with Crippen LogP contribution in [0, 0.1) is 0 Å². The molecule has 41 heavy (non-hydrogen) atoms. The highest BCUT2D eigenvalue weighted by Gasteiger charge is 2.28. The summed E-state index contributed by atoms with van der Waals surface area (Å²) in [6.07, 6.45) is 7.50. The van der Waals surface area contributed by atoms with Crippen LogP contribution in [-0.2, 0) is 29.2 Å². The third-order valence-electron chi connectivity index (χ3n) is 8.07. The minimum Gasteiger partial charge on any atom is -0.488 e. The molecule has 9 heteroatoms. The van der Waals surface area contributed by atoms with E-state index in [1.165, 1.54) is 27.6 Å². The summed E-state index contributed by atoms with van der Waals surface area (Å²) in [7, 11) is 0. The van der Waals surface area contributed by atoms with E-state index in [0.717, 1.165) is 74.6 Å². The zero-order chi connectivity index (χ0) is 28.3. The largest absolute Gasteiger partial charge is 0.488 e. The van der Waals surface area contributed by atoms with Gasteiger partial charge in [0.2, 0.25) is 5.88 Å². The molecular formula is C32H36N4O5. The monoisotopic (exact) mass is 556 g/mol. The molecule has 2 aliphatic heterocycles. The molecule has 1 saturated heterocycles. The van der Waals surface area contributed by atoms with Crippen LogP contribution in [0.1, 0.15) is 72.3 Å². The van der Waals surface area contributed by atoms with Crippen molar-refractivity contribution in [1.29, 1.82) is 0 Å². The first-order chi connectivity index (χ1) is 20.0. The van der Waals surface area contributed by atoms with Crippen molar-refractivity contribution in [3.05, 3.63) is 88.0 Å². The Morgan fingerprint density at radius 2 is 1.95 bits per heavy atom. The number of hydrogen-bond donors (Lipinski definition) is 1. The van der Waals surface area contributed by atoms with Gasteiger partial charge >= 0.3 is 5.97 Å². The minimum absolute atomic E-state index is 0.000854. The Bertz CT molecular complexity index is 1500. The van der Waals surface area contributed by atoms with E-state index in [2.05, 4.69) is 41.2 Å². The van der Waals surface area contributed by atoms with Crippen molar-refractivity contribution in [3.63, 3.8) is 0 Å². The number of nitrogens with zero attached hydrogens (tertiary/aromatic N) is 4. The lowest BCUT2D eigenvalue weighted by molar-refractivity contribution is 0.0326. The van der Waals surface area contributed by atoms with Gasteiger partial charge in [-0.3, -0.25) is 4.90 Å². The molecule has 0 spiro atoms. The molecule has 0 radical (unpaired) electrons. The normalized spacial score (nSPS) is 17.9. The molecule has 1 aromatic carbocycles. The lowest BCUT2D eigenvalue weighted by Gasteiger charge is -2.30. The molecule has 214 valence electrons. The quantitative estimate of drug-likeness (QED) is 0.368. The molecule has 1 fully saturated rings. The second kappa shape index (κ2) is 11.9. The summed E-state index contributed by atoms with van der Waals surface area (Å²) in [6.45, 7) is 8.42. The second-order valence-corrected chi connectivity index (χ2v) is 10.8. The maximum absolute atomic E-state index is 11.7. The van der Waals surface area contributed by atoms with Crippen molar-refractivity contribution in [1.82, 2.24) is 19.7 Å². The number of fused-ring (bicyclic) bond motifs is 1. The Hall–Kier alpha value is -3.95. The van der Waals surface area contributed by atoms with E-state index in [1.807, 2.05) is 12.1 Å². The highest BCUT2D eigenvalue weighted by Crippen LogP contribution is 2.35. The average Bonchev–Trinajstić information content (AvgIpc) is 3.62. The fraction of sp³-hybridized carbons (Fsp3) is 0.406. The second-order valence-electron chi connectivity index (χ2n) is 10.8. The molecule has 0 unspecified atom stereocenters. The molecule has 0 atom stereocenters. The molecule has 3 aliphatic rings. The van der Waals surface area contributed by atoms with Crippen molar-refractivity contribution in [2.45, 2.75) is 65.3 Å². The van der Waals surface area contributed by atoms with Gasteiger partial charge in [-0.2, -0.15) is 9.78 Å². The Balaban J connectivity index is 1.20. The molecule has 3 aromatic rings. The maximum Gasteiger partial charge on any atom is 0.342 e. The van der Waals surface area contributed by atoms with Gasteiger partial charge in [-0.15, -0.1) is 0 Å². The van der Waals surface area contributed by atoms with Gasteiger partial charge < -0.3 is 19.3 Å². The summed E-state index contributed by atoms with van der Waals surface area (Å²) in [4.78, 5) is 19.1. The third kappa shape index (κ3) is 5.64. The highest BCUT2D eigenvalue weighted by atomic mass is 16.5. The average molecular weight is 557 g/mol. The first-order valence-electron chi connectivity index (χ1n) is 14.4. The van der Waals surface area contributed by atoms with Crippen molar-refractivity contribution in [3.8, 4) is 11.7 Å². The predicted octanol–water partition coefficient (Wildman–Crippen LogP) is 5.53. The molecular weight excluding hydrogens is 520 g/mol. The Kier molecular flexibility index (Phi) is 7.89. The number of aromatic nitrogens is 3. The van der Waals surface area contributed by atoms with Crippen molar-refractivity contribution >= 4 is 11.5 Å². The number of hydrogen-bond acceptors (Lipinski definition) is 7. The summed E-state index contributed by atoms with van der Waals surface area (Å²) in [5, 5.41) is 13.8. The molecule has 4 heterocycles. The predicted molar refractivity (Wildman–Crippen MR) is 154 cm³/mol. The SMILES string of the molecule is CCOc1c(C(=O)O)cnn1-c1cccc(C2=CCCC(C)=C2OCc2ccc3c(c2)CN(C2CCOCC2)C3)n1. The summed E-state index contributed by atoms with van der Waals surface area (Å²) in [5.74, 6) is 0.400. The van der Waals surface area contributed by atoms with Crippen LogP contribution in [0.2, 0.25) is 0 Å². The highest BCUT2D eigenvalue weighted by molar-refractivity contribution is 5.90. The van der Waals surface area contributed by atoms with Gasteiger partial charge in [0.25, 0.3) is 0 Å². The number of pyridine rings is 1. The van der Waals surface area contributed by atoms with Gasteiger partial charge in [0.05, 0.1) is 18.5 Å². The molecule has 0 bridgehead atoms. The molecule has 9 nitrogen and oxygen atoms in total. The number of benzene rings is 1. The van der Waals surface area contributed by atoms with Crippen LogP contribution in [0.15, 0.2) is 60.0 Å². The summed E-state index contributed by atoms with van der Waals surface area (Å²) in [6, 6.07) is 13.0. The Labute approximate surface area is 240 Å². The Morgan fingerprint density at radius 3 is 2.76 bits per heavy atom. The number of carboxylic acid groups (broad SMARTS) is 1.